The fraction of sp³-hybridized carbons (Fsp3) is 0.292. The Kier molecular flexibility index (Phi) is 5.03. The van der Waals surface area contributed by atoms with E-state index in [0.29, 0.717) is 35.6 Å². The van der Waals surface area contributed by atoms with Gasteiger partial charge in [-0.25, -0.2) is 9.97 Å². The number of nitrogens with one attached hydrogen (secondary N) is 1. The topological polar surface area (TPSA) is 95.1 Å². The molecule has 3 heterocycles. The molecule has 0 spiro atoms. The van der Waals surface area contributed by atoms with Gasteiger partial charge in [0.2, 0.25) is 0 Å². The van der Waals surface area contributed by atoms with Gasteiger partial charge in [0.1, 0.15) is 16.9 Å². The molecule has 0 bridgehead atoms. The monoisotopic (exact) mass is 415 g/mol. The standard InChI is InChI=1S/C24H25N5O2/c1-15-8-10-16(11-9-15)13-26-24(30)20-21-23(28-19-7-3-2-6-18(19)27-21)29(22(20)25)14-17-5-4-12-31-17/h2-3,6-11,17H,4-5,12-14,25H2,1H3,(H,26,30)/t17-/m0/s1. The third-order valence-corrected chi connectivity index (χ3v) is 5.80. The zero-order valence-corrected chi connectivity index (χ0v) is 17.5. The molecule has 7 heteroatoms. The Morgan fingerprint density at radius 1 is 1.16 bits per heavy atom. The Hall–Kier alpha value is -3.45. The van der Waals surface area contributed by atoms with Crippen LogP contribution < -0.4 is 11.1 Å². The van der Waals surface area contributed by atoms with E-state index < -0.39 is 0 Å². The first kappa shape index (κ1) is 19.5. The van der Waals surface area contributed by atoms with Gasteiger partial charge < -0.3 is 20.4 Å². The highest BCUT2D eigenvalue weighted by Gasteiger charge is 2.26. The molecule has 5 rings (SSSR count). The molecule has 158 valence electrons. The average molecular weight is 415 g/mol. The third-order valence-electron chi connectivity index (χ3n) is 5.80. The number of carbonyl (C=O) groups excluding carboxylic acids is 1. The minimum Gasteiger partial charge on any atom is -0.384 e. The van der Waals surface area contributed by atoms with E-state index in [1.54, 1.807) is 0 Å². The lowest BCUT2D eigenvalue weighted by atomic mass is 10.1. The van der Waals surface area contributed by atoms with Crippen molar-refractivity contribution in [2.75, 3.05) is 12.3 Å². The molecule has 1 aliphatic rings. The first-order valence-electron chi connectivity index (χ1n) is 10.6. The first-order chi connectivity index (χ1) is 15.1. The van der Waals surface area contributed by atoms with Crippen LogP contribution in [0, 0.1) is 6.92 Å². The number of amides is 1. The Morgan fingerprint density at radius 2 is 1.90 bits per heavy atom. The van der Waals surface area contributed by atoms with Gasteiger partial charge in [0.05, 0.1) is 23.7 Å². The molecular formula is C24H25N5O2. The second-order valence-electron chi connectivity index (χ2n) is 8.06. The lowest BCUT2D eigenvalue weighted by molar-refractivity contribution is 0.0947. The molecule has 0 unspecified atom stereocenters. The first-order valence-corrected chi connectivity index (χ1v) is 10.6. The molecule has 1 saturated heterocycles. The summed E-state index contributed by atoms with van der Waals surface area (Å²) in [6, 6.07) is 15.7. The summed E-state index contributed by atoms with van der Waals surface area (Å²) in [4.78, 5) is 22.8. The molecule has 2 aromatic heterocycles. The second-order valence-corrected chi connectivity index (χ2v) is 8.06. The van der Waals surface area contributed by atoms with Gasteiger partial charge in [-0.3, -0.25) is 4.79 Å². The Balaban J connectivity index is 1.55. The highest BCUT2D eigenvalue weighted by Crippen LogP contribution is 2.29. The van der Waals surface area contributed by atoms with Crippen LogP contribution in [0.2, 0.25) is 0 Å². The largest absolute Gasteiger partial charge is 0.384 e. The van der Waals surface area contributed by atoms with E-state index in [2.05, 4.69) is 5.32 Å². The molecule has 1 aliphatic heterocycles. The number of para-hydroxylation sites is 2. The molecule has 0 saturated carbocycles. The van der Waals surface area contributed by atoms with Gasteiger partial charge in [-0.1, -0.05) is 42.0 Å². The van der Waals surface area contributed by atoms with Crippen LogP contribution in [0.4, 0.5) is 5.82 Å². The molecule has 7 nitrogen and oxygen atoms in total. The van der Waals surface area contributed by atoms with E-state index in [1.807, 2.05) is 60.0 Å². The molecular weight excluding hydrogens is 390 g/mol. The van der Waals surface area contributed by atoms with Crippen molar-refractivity contribution >= 4 is 33.9 Å². The van der Waals surface area contributed by atoms with E-state index >= 15 is 0 Å². The maximum Gasteiger partial charge on any atom is 0.257 e. The number of ether oxygens (including phenoxy) is 1. The van der Waals surface area contributed by atoms with Crippen LogP contribution in [0.25, 0.3) is 22.2 Å². The Morgan fingerprint density at radius 3 is 2.61 bits per heavy atom. The smallest absolute Gasteiger partial charge is 0.257 e. The summed E-state index contributed by atoms with van der Waals surface area (Å²) < 4.78 is 7.69. The van der Waals surface area contributed by atoms with Gasteiger partial charge >= 0.3 is 0 Å². The van der Waals surface area contributed by atoms with Crippen LogP contribution in [0.15, 0.2) is 48.5 Å². The minimum absolute atomic E-state index is 0.0645. The Bertz CT molecular complexity index is 1260. The number of nitrogen functional groups attached to an aromatic ring is 1. The number of hydrogen-bond donors (Lipinski definition) is 2. The van der Waals surface area contributed by atoms with Crippen molar-refractivity contribution in [2.45, 2.75) is 39.0 Å². The van der Waals surface area contributed by atoms with Crippen LogP contribution in [-0.2, 0) is 17.8 Å². The summed E-state index contributed by atoms with van der Waals surface area (Å²) in [7, 11) is 0. The number of nitrogens with two attached hydrogens (primary N) is 1. The predicted octanol–water partition coefficient (Wildman–Crippen LogP) is 3.58. The zero-order chi connectivity index (χ0) is 21.4. The summed E-state index contributed by atoms with van der Waals surface area (Å²) in [5.41, 5.74) is 11.7. The zero-order valence-electron chi connectivity index (χ0n) is 17.5. The fourth-order valence-corrected chi connectivity index (χ4v) is 4.09. The van der Waals surface area contributed by atoms with Crippen molar-refractivity contribution in [3.8, 4) is 0 Å². The number of fused-ring (bicyclic) bond motifs is 2. The highest BCUT2D eigenvalue weighted by molar-refractivity contribution is 6.10. The van der Waals surface area contributed by atoms with Gasteiger partial charge in [0.15, 0.2) is 5.65 Å². The van der Waals surface area contributed by atoms with E-state index in [9.17, 15) is 4.79 Å². The number of aryl methyl sites for hydroxylation is 1. The van der Waals surface area contributed by atoms with Gasteiger partial charge in [-0.05, 0) is 37.5 Å². The van der Waals surface area contributed by atoms with Crippen LogP contribution >= 0.6 is 0 Å². The van der Waals surface area contributed by atoms with Crippen molar-refractivity contribution in [3.05, 3.63) is 65.2 Å². The van der Waals surface area contributed by atoms with E-state index in [0.717, 1.165) is 36.0 Å². The van der Waals surface area contributed by atoms with Crippen molar-refractivity contribution in [3.63, 3.8) is 0 Å². The minimum atomic E-state index is -0.251. The van der Waals surface area contributed by atoms with E-state index in [4.69, 9.17) is 20.4 Å². The van der Waals surface area contributed by atoms with Gasteiger partial charge in [-0.15, -0.1) is 0 Å². The molecule has 2 aromatic carbocycles. The lowest BCUT2D eigenvalue weighted by Gasteiger charge is -2.13. The second kappa shape index (κ2) is 8.00. The van der Waals surface area contributed by atoms with Crippen LogP contribution in [0.5, 0.6) is 0 Å². The Labute approximate surface area is 180 Å². The van der Waals surface area contributed by atoms with Crippen LogP contribution in [0.1, 0.15) is 34.3 Å². The van der Waals surface area contributed by atoms with E-state index in [1.165, 1.54) is 5.56 Å². The number of hydrogen-bond acceptors (Lipinski definition) is 5. The quantitative estimate of drug-likeness (QED) is 0.519. The number of nitrogens with zero attached hydrogens (tertiary/aromatic N) is 3. The van der Waals surface area contributed by atoms with Crippen molar-refractivity contribution in [1.29, 1.82) is 0 Å². The predicted molar refractivity (Wildman–Crippen MR) is 121 cm³/mol. The van der Waals surface area contributed by atoms with Crippen LogP contribution in [-0.4, -0.2) is 33.2 Å². The SMILES string of the molecule is Cc1ccc(CNC(=O)c2c(N)n(C[C@@H]3CCCO3)c3nc4ccccc4nc23)cc1. The van der Waals surface area contributed by atoms with Crippen molar-refractivity contribution in [2.24, 2.45) is 0 Å². The molecule has 1 atom stereocenters. The molecule has 1 amide bonds. The average Bonchev–Trinajstić information content (AvgIpc) is 3.38. The number of rotatable bonds is 5. The molecule has 3 N–H and O–H groups in total. The molecule has 1 fully saturated rings. The van der Waals surface area contributed by atoms with Crippen molar-refractivity contribution in [1.82, 2.24) is 19.9 Å². The lowest BCUT2D eigenvalue weighted by Crippen LogP contribution is -2.24. The molecule has 31 heavy (non-hydrogen) atoms. The fourth-order valence-electron chi connectivity index (χ4n) is 4.09. The summed E-state index contributed by atoms with van der Waals surface area (Å²) >= 11 is 0. The van der Waals surface area contributed by atoms with Crippen molar-refractivity contribution < 1.29 is 9.53 Å². The summed E-state index contributed by atoms with van der Waals surface area (Å²) in [5.74, 6) is 0.126. The number of aromatic nitrogens is 3. The number of anilines is 1. The molecule has 0 radical (unpaired) electrons. The normalized spacial score (nSPS) is 16.2. The molecule has 4 aromatic rings. The van der Waals surface area contributed by atoms with Gasteiger partial charge in [0.25, 0.3) is 5.91 Å². The third kappa shape index (κ3) is 3.72. The summed E-state index contributed by atoms with van der Waals surface area (Å²) in [6.07, 6.45) is 2.06. The number of carbonyl (C=O) groups is 1. The molecule has 0 aliphatic carbocycles. The van der Waals surface area contributed by atoms with E-state index in [-0.39, 0.29) is 12.0 Å². The number of benzene rings is 2. The summed E-state index contributed by atoms with van der Waals surface area (Å²) in [5, 5.41) is 2.99. The maximum absolute atomic E-state index is 13.2. The highest BCUT2D eigenvalue weighted by atomic mass is 16.5. The van der Waals surface area contributed by atoms with Gasteiger partial charge in [0, 0.05) is 13.2 Å². The maximum atomic E-state index is 13.2. The summed E-state index contributed by atoms with van der Waals surface area (Å²) in [6.45, 7) is 3.76. The van der Waals surface area contributed by atoms with Crippen LogP contribution in [0.3, 0.4) is 0 Å². The van der Waals surface area contributed by atoms with Gasteiger partial charge in [-0.2, -0.15) is 0 Å².